The summed E-state index contributed by atoms with van der Waals surface area (Å²) in [6.45, 7) is 0. The summed E-state index contributed by atoms with van der Waals surface area (Å²) >= 11 is 0. The van der Waals surface area contributed by atoms with E-state index in [4.69, 9.17) is 0 Å². The molecule has 0 saturated carbocycles. The van der Waals surface area contributed by atoms with Crippen LogP contribution in [0, 0.1) is 5.82 Å². The predicted octanol–water partition coefficient (Wildman–Crippen LogP) is 4.94. The van der Waals surface area contributed by atoms with E-state index in [1.54, 1.807) is 6.07 Å². The molecule has 0 spiro atoms. The summed E-state index contributed by atoms with van der Waals surface area (Å²) in [5.74, 6) is -0.330. The molecule has 0 bridgehead atoms. The first-order valence-corrected chi connectivity index (χ1v) is 6.66. The van der Waals surface area contributed by atoms with E-state index in [9.17, 15) is 17.6 Å². The molecule has 0 saturated heterocycles. The Bertz CT molecular complexity index is 646. The minimum absolute atomic E-state index is 0.170. The Morgan fingerprint density at radius 2 is 1.71 bits per heavy atom. The first kappa shape index (κ1) is 13.9. The molecule has 110 valence electrons. The monoisotopic (exact) mass is 295 g/mol. The zero-order valence-electron chi connectivity index (χ0n) is 11.0. The molecule has 0 radical (unpaired) electrons. The van der Waals surface area contributed by atoms with Gasteiger partial charge in [-0.1, -0.05) is 24.3 Å². The number of aryl methyl sites for hydroxylation is 1. The van der Waals surface area contributed by atoms with Gasteiger partial charge in [-0.05, 0) is 42.2 Å². The van der Waals surface area contributed by atoms with Crippen LogP contribution in [-0.2, 0) is 12.6 Å². The van der Waals surface area contributed by atoms with Crippen molar-refractivity contribution in [3.05, 3.63) is 65.0 Å². The standard InChI is InChI=1S/C16H13F4N/c17-13-3-1-2-11-6-9-14(21-15(11)13)10-4-7-12(8-5-10)16(18,19)20/h1-5,7-8,14,21H,6,9H2. The number of halogens is 4. The maximum absolute atomic E-state index is 13.8. The summed E-state index contributed by atoms with van der Waals surface area (Å²) < 4.78 is 51.4. The number of fused-ring (bicyclic) bond motifs is 1. The van der Waals surface area contributed by atoms with Crippen LogP contribution in [0.2, 0.25) is 0 Å². The third-order valence-electron chi connectivity index (χ3n) is 3.76. The normalized spacial score (nSPS) is 18.0. The first-order chi connectivity index (χ1) is 9.95. The number of nitrogens with one attached hydrogen (secondary N) is 1. The Labute approximate surface area is 119 Å². The molecule has 1 unspecified atom stereocenters. The van der Waals surface area contributed by atoms with Crippen molar-refractivity contribution in [2.45, 2.75) is 25.1 Å². The van der Waals surface area contributed by atoms with Gasteiger partial charge in [0.2, 0.25) is 0 Å². The average molecular weight is 295 g/mol. The fourth-order valence-corrected chi connectivity index (χ4v) is 2.64. The molecule has 2 aromatic rings. The summed E-state index contributed by atoms with van der Waals surface area (Å²) in [5.41, 5.74) is 1.41. The molecule has 0 amide bonds. The second-order valence-corrected chi connectivity index (χ2v) is 5.13. The van der Waals surface area contributed by atoms with Gasteiger partial charge in [0.15, 0.2) is 0 Å². The molecule has 0 aliphatic carbocycles. The number of para-hydroxylation sites is 1. The van der Waals surface area contributed by atoms with Gasteiger partial charge >= 0.3 is 6.18 Å². The summed E-state index contributed by atoms with van der Waals surface area (Å²) in [6.07, 6.45) is -2.91. The molecule has 1 atom stereocenters. The molecule has 1 aliphatic heterocycles. The van der Waals surface area contributed by atoms with Crippen molar-refractivity contribution < 1.29 is 17.6 Å². The van der Waals surface area contributed by atoms with E-state index >= 15 is 0 Å². The van der Waals surface area contributed by atoms with E-state index < -0.39 is 11.7 Å². The molecule has 1 heterocycles. The highest BCUT2D eigenvalue weighted by molar-refractivity contribution is 5.56. The highest BCUT2D eigenvalue weighted by Gasteiger charge is 2.30. The largest absolute Gasteiger partial charge is 0.416 e. The highest BCUT2D eigenvalue weighted by Crippen LogP contribution is 2.35. The third kappa shape index (κ3) is 2.73. The molecular formula is C16H13F4N. The van der Waals surface area contributed by atoms with Gasteiger partial charge in [0.05, 0.1) is 17.3 Å². The highest BCUT2D eigenvalue weighted by atomic mass is 19.4. The van der Waals surface area contributed by atoms with Crippen LogP contribution in [0.15, 0.2) is 42.5 Å². The predicted molar refractivity (Wildman–Crippen MR) is 72.5 cm³/mol. The van der Waals surface area contributed by atoms with Crippen molar-refractivity contribution in [1.82, 2.24) is 0 Å². The van der Waals surface area contributed by atoms with Crippen LogP contribution in [0.5, 0.6) is 0 Å². The number of rotatable bonds is 1. The molecule has 5 heteroatoms. The lowest BCUT2D eigenvalue weighted by Crippen LogP contribution is -2.19. The minimum Gasteiger partial charge on any atom is -0.376 e. The van der Waals surface area contributed by atoms with Crippen molar-refractivity contribution in [3.63, 3.8) is 0 Å². The van der Waals surface area contributed by atoms with Crippen LogP contribution in [0.4, 0.5) is 23.2 Å². The average Bonchev–Trinajstić information content (AvgIpc) is 2.47. The van der Waals surface area contributed by atoms with Crippen LogP contribution < -0.4 is 5.32 Å². The van der Waals surface area contributed by atoms with Crippen molar-refractivity contribution in [3.8, 4) is 0 Å². The summed E-state index contributed by atoms with van der Waals surface area (Å²) in [7, 11) is 0. The van der Waals surface area contributed by atoms with E-state index in [2.05, 4.69) is 5.32 Å². The minimum atomic E-state index is -4.34. The number of hydrogen-bond donors (Lipinski definition) is 1. The number of hydrogen-bond acceptors (Lipinski definition) is 1. The summed E-state index contributed by atoms with van der Waals surface area (Å²) in [6, 6.07) is 9.75. The van der Waals surface area contributed by atoms with E-state index in [1.165, 1.54) is 18.2 Å². The van der Waals surface area contributed by atoms with Crippen molar-refractivity contribution >= 4 is 5.69 Å². The molecule has 1 N–H and O–H groups in total. The SMILES string of the molecule is Fc1cccc2c1NC(c1ccc(C(F)(F)F)cc1)CC2. The fourth-order valence-electron chi connectivity index (χ4n) is 2.64. The van der Waals surface area contributed by atoms with Crippen LogP contribution in [0.25, 0.3) is 0 Å². The van der Waals surface area contributed by atoms with Gasteiger partial charge in [-0.25, -0.2) is 4.39 Å². The Balaban J connectivity index is 1.85. The molecule has 3 rings (SSSR count). The number of alkyl halides is 3. The zero-order valence-corrected chi connectivity index (χ0v) is 11.0. The van der Waals surface area contributed by atoms with Crippen molar-refractivity contribution in [1.29, 1.82) is 0 Å². The Morgan fingerprint density at radius 3 is 2.38 bits per heavy atom. The second kappa shape index (κ2) is 5.06. The van der Waals surface area contributed by atoms with Gasteiger partial charge in [0.1, 0.15) is 5.82 Å². The molecule has 0 aromatic heterocycles. The van der Waals surface area contributed by atoms with Crippen LogP contribution >= 0.6 is 0 Å². The molecule has 1 nitrogen and oxygen atoms in total. The van der Waals surface area contributed by atoms with Crippen LogP contribution in [0.3, 0.4) is 0 Å². The summed E-state index contributed by atoms with van der Waals surface area (Å²) in [4.78, 5) is 0. The van der Waals surface area contributed by atoms with E-state index in [0.29, 0.717) is 12.1 Å². The van der Waals surface area contributed by atoms with Crippen LogP contribution in [0.1, 0.15) is 29.2 Å². The molecule has 0 fully saturated rings. The van der Waals surface area contributed by atoms with Gasteiger partial charge in [0, 0.05) is 0 Å². The van der Waals surface area contributed by atoms with E-state index in [-0.39, 0.29) is 11.9 Å². The fraction of sp³-hybridized carbons (Fsp3) is 0.250. The molecule has 21 heavy (non-hydrogen) atoms. The zero-order chi connectivity index (χ0) is 15.0. The van der Waals surface area contributed by atoms with Gasteiger partial charge in [-0.2, -0.15) is 13.2 Å². The first-order valence-electron chi connectivity index (χ1n) is 6.66. The lowest BCUT2D eigenvalue weighted by atomic mass is 9.93. The van der Waals surface area contributed by atoms with Crippen molar-refractivity contribution in [2.24, 2.45) is 0 Å². The maximum Gasteiger partial charge on any atom is 0.416 e. The van der Waals surface area contributed by atoms with Gasteiger partial charge in [0.25, 0.3) is 0 Å². The number of anilines is 1. The van der Waals surface area contributed by atoms with Crippen molar-refractivity contribution in [2.75, 3.05) is 5.32 Å². The summed E-state index contributed by atoms with van der Waals surface area (Å²) in [5, 5.41) is 3.08. The Kier molecular flexibility index (Phi) is 3.35. The smallest absolute Gasteiger partial charge is 0.376 e. The van der Waals surface area contributed by atoms with Crippen LogP contribution in [-0.4, -0.2) is 0 Å². The Hall–Kier alpha value is -2.04. The maximum atomic E-state index is 13.8. The quantitative estimate of drug-likeness (QED) is 0.734. The van der Waals surface area contributed by atoms with Gasteiger partial charge in [-0.15, -0.1) is 0 Å². The lowest BCUT2D eigenvalue weighted by molar-refractivity contribution is -0.137. The number of benzene rings is 2. The Morgan fingerprint density at radius 1 is 1.00 bits per heavy atom. The molecule has 1 aliphatic rings. The lowest BCUT2D eigenvalue weighted by Gasteiger charge is -2.28. The molecular weight excluding hydrogens is 282 g/mol. The topological polar surface area (TPSA) is 12.0 Å². The van der Waals surface area contributed by atoms with Gasteiger partial charge in [-0.3, -0.25) is 0 Å². The van der Waals surface area contributed by atoms with E-state index in [1.807, 2.05) is 6.07 Å². The molecule has 2 aromatic carbocycles. The van der Waals surface area contributed by atoms with E-state index in [0.717, 1.165) is 29.7 Å². The second-order valence-electron chi connectivity index (χ2n) is 5.13. The van der Waals surface area contributed by atoms with Gasteiger partial charge < -0.3 is 5.32 Å². The third-order valence-corrected chi connectivity index (χ3v) is 3.76.